The van der Waals surface area contributed by atoms with Gasteiger partial charge in [0.15, 0.2) is 5.79 Å². The van der Waals surface area contributed by atoms with Gasteiger partial charge in [-0.1, -0.05) is 6.08 Å². The van der Waals surface area contributed by atoms with Crippen molar-refractivity contribution in [3.63, 3.8) is 0 Å². The van der Waals surface area contributed by atoms with E-state index in [4.69, 9.17) is 18.9 Å². The number of fused-ring (bicyclic) bond motifs is 3. The molecule has 4 unspecified atom stereocenters. The number of esters is 3. The predicted molar refractivity (Wildman–Crippen MR) is 106 cm³/mol. The van der Waals surface area contributed by atoms with Gasteiger partial charge >= 0.3 is 17.9 Å². The molecule has 0 radical (unpaired) electrons. The van der Waals surface area contributed by atoms with Crippen LogP contribution in [0.3, 0.4) is 0 Å². The van der Waals surface area contributed by atoms with E-state index in [0.717, 1.165) is 0 Å². The Balaban J connectivity index is 2.17. The molecule has 3 heterocycles. The highest BCUT2D eigenvalue weighted by atomic mass is 16.7. The van der Waals surface area contributed by atoms with Crippen LogP contribution in [0.15, 0.2) is 34.6 Å². The quantitative estimate of drug-likeness (QED) is 0.383. The fourth-order valence-electron chi connectivity index (χ4n) is 3.97. The second kappa shape index (κ2) is 7.89. The lowest BCUT2D eigenvalue weighted by molar-refractivity contribution is -0.298. The summed E-state index contributed by atoms with van der Waals surface area (Å²) in [6.07, 6.45) is 2.13. The molecule has 9 heteroatoms. The highest BCUT2D eigenvalue weighted by Gasteiger charge is 2.58. The Kier molecular flexibility index (Phi) is 5.90. The molecule has 1 saturated heterocycles. The smallest absolute Gasteiger partial charge is 0.343 e. The second-order valence-electron chi connectivity index (χ2n) is 8.61. The minimum Gasteiger partial charge on any atom is -0.461 e. The first-order chi connectivity index (χ1) is 14.3. The molecule has 0 amide bonds. The van der Waals surface area contributed by atoms with Gasteiger partial charge in [-0.3, -0.25) is 4.79 Å². The molecule has 1 fully saturated rings. The van der Waals surface area contributed by atoms with Gasteiger partial charge in [0.1, 0.15) is 24.1 Å². The SMILES string of the molecule is C/C=C(\C)C(=O)OC1CC(C)(O)C2(O)CCC(C)(/C=C3\OC(=O)C(COC(C)=O)=C31)O2. The van der Waals surface area contributed by atoms with E-state index in [1.807, 2.05) is 0 Å². The zero-order valence-corrected chi connectivity index (χ0v) is 18.3. The fourth-order valence-corrected chi connectivity index (χ4v) is 3.97. The molecule has 9 nitrogen and oxygen atoms in total. The molecule has 3 rings (SSSR count). The van der Waals surface area contributed by atoms with Crippen LogP contribution in [0.2, 0.25) is 0 Å². The van der Waals surface area contributed by atoms with Gasteiger partial charge in [-0.15, -0.1) is 0 Å². The van der Waals surface area contributed by atoms with Gasteiger partial charge in [0.05, 0.1) is 11.2 Å². The summed E-state index contributed by atoms with van der Waals surface area (Å²) in [6, 6.07) is 0. The number of ether oxygens (including phenoxy) is 4. The van der Waals surface area contributed by atoms with Crippen molar-refractivity contribution < 1.29 is 43.5 Å². The standard InChI is InChI=1S/C22H28O9/c1-6-12(2)18(24)29-16-10-21(5,26)22(27)8-7-20(4,31-22)9-15-17(16)14(19(25)30-15)11-28-13(3)23/h6,9,16,26-27H,7-8,10-11H2,1-5H3/b12-6+,15-9-. The van der Waals surface area contributed by atoms with Crippen molar-refractivity contribution in [2.24, 2.45) is 0 Å². The summed E-state index contributed by atoms with van der Waals surface area (Å²) >= 11 is 0. The van der Waals surface area contributed by atoms with Crippen LogP contribution in [0.25, 0.3) is 0 Å². The lowest BCUT2D eigenvalue weighted by Gasteiger charge is -2.40. The van der Waals surface area contributed by atoms with E-state index in [1.165, 1.54) is 19.9 Å². The molecule has 0 aliphatic carbocycles. The molecule has 4 atom stereocenters. The molecule has 2 N–H and O–H groups in total. The van der Waals surface area contributed by atoms with Crippen LogP contribution in [-0.2, 0) is 33.3 Å². The van der Waals surface area contributed by atoms with Crippen molar-refractivity contribution in [2.45, 2.75) is 77.0 Å². The third-order valence-corrected chi connectivity index (χ3v) is 6.01. The summed E-state index contributed by atoms with van der Waals surface area (Å²) in [5.74, 6) is -3.82. The number of carbonyl (C=O) groups excluding carboxylic acids is 3. The van der Waals surface area contributed by atoms with Crippen LogP contribution in [0.5, 0.6) is 0 Å². The van der Waals surface area contributed by atoms with Crippen LogP contribution in [-0.4, -0.2) is 57.8 Å². The number of aliphatic hydroxyl groups is 2. The number of allylic oxidation sites excluding steroid dienone is 1. The average Bonchev–Trinajstić information content (AvgIpc) is 3.14. The lowest BCUT2D eigenvalue weighted by Crippen LogP contribution is -2.54. The summed E-state index contributed by atoms with van der Waals surface area (Å²) in [5.41, 5.74) is -2.38. The van der Waals surface area contributed by atoms with E-state index in [2.05, 4.69) is 0 Å². The zero-order chi connectivity index (χ0) is 23.2. The van der Waals surface area contributed by atoms with Crippen molar-refractivity contribution in [1.82, 2.24) is 0 Å². The lowest BCUT2D eigenvalue weighted by atomic mass is 9.82. The van der Waals surface area contributed by atoms with E-state index in [0.29, 0.717) is 12.0 Å². The Hall–Kier alpha value is -2.49. The molecule has 3 aliphatic heterocycles. The maximum Gasteiger partial charge on any atom is 0.343 e. The van der Waals surface area contributed by atoms with Crippen molar-refractivity contribution in [2.75, 3.05) is 6.61 Å². The van der Waals surface area contributed by atoms with Crippen molar-refractivity contribution in [3.8, 4) is 0 Å². The predicted octanol–water partition coefficient (Wildman–Crippen LogP) is 1.58. The molecule has 0 aromatic carbocycles. The first-order valence-electron chi connectivity index (χ1n) is 10.1. The highest BCUT2D eigenvalue weighted by molar-refractivity contribution is 5.96. The molecule has 0 saturated carbocycles. The Morgan fingerprint density at radius 1 is 1.26 bits per heavy atom. The molecule has 170 valence electrons. The number of carbonyl (C=O) groups is 3. The third kappa shape index (κ3) is 4.30. The molecule has 2 bridgehead atoms. The van der Waals surface area contributed by atoms with Gasteiger partial charge in [0.25, 0.3) is 0 Å². The molecular formula is C22H28O9. The topological polar surface area (TPSA) is 129 Å². The maximum absolute atomic E-state index is 12.6. The van der Waals surface area contributed by atoms with Gasteiger partial charge in [-0.25, -0.2) is 9.59 Å². The first-order valence-corrected chi connectivity index (χ1v) is 10.1. The van der Waals surface area contributed by atoms with E-state index >= 15 is 0 Å². The van der Waals surface area contributed by atoms with E-state index in [-0.39, 0.29) is 36.4 Å². The minimum absolute atomic E-state index is 0.00143. The van der Waals surface area contributed by atoms with Gasteiger partial charge in [-0.05, 0) is 40.2 Å². The average molecular weight is 436 g/mol. The summed E-state index contributed by atoms with van der Waals surface area (Å²) in [6.45, 7) is 7.13. The van der Waals surface area contributed by atoms with Crippen molar-refractivity contribution in [1.29, 1.82) is 0 Å². The monoisotopic (exact) mass is 436 g/mol. The van der Waals surface area contributed by atoms with E-state index < -0.39 is 41.0 Å². The molecule has 31 heavy (non-hydrogen) atoms. The van der Waals surface area contributed by atoms with Crippen molar-refractivity contribution >= 4 is 17.9 Å². The number of hydrogen-bond acceptors (Lipinski definition) is 9. The fraction of sp³-hybridized carbons (Fsp3) is 0.591. The van der Waals surface area contributed by atoms with Gasteiger partial charge < -0.3 is 29.2 Å². The van der Waals surface area contributed by atoms with Gasteiger partial charge in [0, 0.05) is 30.9 Å². The van der Waals surface area contributed by atoms with Crippen LogP contribution in [0, 0.1) is 0 Å². The molecular weight excluding hydrogens is 408 g/mol. The van der Waals surface area contributed by atoms with Crippen LogP contribution in [0.1, 0.15) is 53.9 Å². The molecule has 0 spiro atoms. The van der Waals surface area contributed by atoms with E-state index in [1.54, 1.807) is 26.8 Å². The Morgan fingerprint density at radius 3 is 2.55 bits per heavy atom. The second-order valence-corrected chi connectivity index (χ2v) is 8.61. The zero-order valence-electron chi connectivity index (χ0n) is 18.3. The first kappa shape index (κ1) is 23.2. The van der Waals surface area contributed by atoms with Crippen LogP contribution < -0.4 is 0 Å². The Morgan fingerprint density at radius 2 is 1.94 bits per heavy atom. The molecule has 0 aromatic rings. The summed E-state index contributed by atoms with van der Waals surface area (Å²) in [5, 5.41) is 22.3. The van der Waals surface area contributed by atoms with Crippen LogP contribution in [0.4, 0.5) is 0 Å². The Labute approximate surface area is 180 Å². The van der Waals surface area contributed by atoms with Crippen molar-refractivity contribution in [3.05, 3.63) is 34.6 Å². The number of hydrogen-bond donors (Lipinski definition) is 2. The van der Waals surface area contributed by atoms with Crippen LogP contribution >= 0.6 is 0 Å². The third-order valence-electron chi connectivity index (χ3n) is 6.01. The molecule has 0 aromatic heterocycles. The highest BCUT2D eigenvalue weighted by Crippen LogP contribution is 2.49. The summed E-state index contributed by atoms with van der Waals surface area (Å²) in [7, 11) is 0. The maximum atomic E-state index is 12.6. The largest absolute Gasteiger partial charge is 0.461 e. The number of rotatable bonds is 4. The van der Waals surface area contributed by atoms with E-state index in [9.17, 15) is 24.6 Å². The van der Waals surface area contributed by atoms with Gasteiger partial charge in [-0.2, -0.15) is 0 Å². The summed E-state index contributed by atoms with van der Waals surface area (Å²) in [4.78, 5) is 36.5. The van der Waals surface area contributed by atoms with Gasteiger partial charge in [0.2, 0.25) is 0 Å². The normalized spacial score (nSPS) is 37.1. The summed E-state index contributed by atoms with van der Waals surface area (Å²) < 4.78 is 21.9. The Bertz CT molecular complexity index is 910. The molecule has 3 aliphatic rings. The minimum atomic E-state index is -1.90.